The van der Waals surface area contributed by atoms with Crippen LogP contribution in [0.5, 0.6) is 5.75 Å². The lowest BCUT2D eigenvalue weighted by atomic mass is 10.2. The van der Waals surface area contributed by atoms with Crippen molar-refractivity contribution in [3.8, 4) is 5.75 Å². The molecule has 0 radical (unpaired) electrons. The Kier molecular flexibility index (Phi) is 3.96. The van der Waals surface area contributed by atoms with Crippen molar-refractivity contribution in [3.05, 3.63) is 78.4 Å². The van der Waals surface area contributed by atoms with E-state index < -0.39 is 0 Å². The fourth-order valence-electron chi connectivity index (χ4n) is 3.36. The highest BCUT2D eigenvalue weighted by Gasteiger charge is 2.09. The van der Waals surface area contributed by atoms with Gasteiger partial charge in [0, 0.05) is 28.4 Å². The molecule has 0 N–H and O–H groups in total. The minimum Gasteiger partial charge on any atom is -0.494 e. The van der Waals surface area contributed by atoms with E-state index in [1.807, 2.05) is 12.1 Å². The molecule has 0 aliphatic carbocycles. The summed E-state index contributed by atoms with van der Waals surface area (Å²) in [5.74, 6) is 0.956. The molecule has 0 aliphatic rings. The second kappa shape index (κ2) is 6.40. The summed E-state index contributed by atoms with van der Waals surface area (Å²) in [6.07, 6.45) is 0.983. The molecule has 3 aromatic carbocycles. The summed E-state index contributed by atoms with van der Waals surface area (Å²) >= 11 is 0. The third-order valence-electron chi connectivity index (χ3n) is 4.46. The maximum Gasteiger partial charge on any atom is 0.119 e. The van der Waals surface area contributed by atoms with Gasteiger partial charge >= 0.3 is 0 Å². The van der Waals surface area contributed by atoms with Crippen molar-refractivity contribution in [3.63, 3.8) is 0 Å². The summed E-state index contributed by atoms with van der Waals surface area (Å²) in [4.78, 5) is 0. The van der Waals surface area contributed by atoms with Gasteiger partial charge in [-0.3, -0.25) is 0 Å². The third-order valence-corrected chi connectivity index (χ3v) is 4.46. The number of nitrogens with zero attached hydrogens (tertiary/aromatic N) is 1. The van der Waals surface area contributed by atoms with Crippen LogP contribution in [0.3, 0.4) is 0 Å². The monoisotopic (exact) mass is 315 g/mol. The second-order valence-electron chi connectivity index (χ2n) is 6.20. The number of aromatic nitrogens is 1. The van der Waals surface area contributed by atoms with Crippen LogP contribution >= 0.6 is 0 Å². The van der Waals surface area contributed by atoms with Crippen molar-refractivity contribution in [2.75, 3.05) is 6.61 Å². The van der Waals surface area contributed by atoms with Crippen LogP contribution in [0, 0.1) is 6.92 Å². The lowest BCUT2D eigenvalue weighted by Gasteiger charge is -2.09. The van der Waals surface area contributed by atoms with Crippen LogP contribution < -0.4 is 4.74 Å². The SMILES string of the molecule is Cc1cccc(OCCCn2c3ccccc3c3ccccc32)c1. The first-order valence-corrected chi connectivity index (χ1v) is 8.48. The standard InChI is InChI=1S/C22H21NO/c1-17-8-6-9-18(16-17)24-15-7-14-23-21-12-4-2-10-19(21)20-11-3-5-13-22(20)23/h2-6,8-13,16H,7,14-15H2,1H3. The van der Waals surface area contributed by atoms with E-state index in [0.29, 0.717) is 0 Å². The zero-order valence-electron chi connectivity index (χ0n) is 13.9. The van der Waals surface area contributed by atoms with Crippen molar-refractivity contribution in [1.29, 1.82) is 0 Å². The van der Waals surface area contributed by atoms with Crippen LogP contribution in [0.15, 0.2) is 72.8 Å². The van der Waals surface area contributed by atoms with Gasteiger partial charge in [0.1, 0.15) is 5.75 Å². The molecular formula is C22H21NO. The van der Waals surface area contributed by atoms with Crippen LogP contribution in [0.25, 0.3) is 21.8 Å². The van der Waals surface area contributed by atoms with Crippen LogP contribution in [0.4, 0.5) is 0 Å². The minimum absolute atomic E-state index is 0.726. The first kappa shape index (κ1) is 14.8. The molecule has 1 heterocycles. The summed E-state index contributed by atoms with van der Waals surface area (Å²) in [6, 6.07) is 25.5. The van der Waals surface area contributed by atoms with Crippen LogP contribution in [0.2, 0.25) is 0 Å². The number of hydrogen-bond donors (Lipinski definition) is 0. The molecule has 4 rings (SSSR count). The maximum absolute atomic E-state index is 5.90. The first-order valence-electron chi connectivity index (χ1n) is 8.48. The van der Waals surface area contributed by atoms with Crippen molar-refractivity contribution in [2.24, 2.45) is 0 Å². The Bertz CT molecular complexity index is 930. The normalized spacial score (nSPS) is 11.2. The smallest absolute Gasteiger partial charge is 0.119 e. The first-order chi connectivity index (χ1) is 11.8. The summed E-state index contributed by atoms with van der Waals surface area (Å²) in [6.45, 7) is 3.77. The van der Waals surface area contributed by atoms with Gasteiger partial charge in [-0.2, -0.15) is 0 Å². The zero-order chi connectivity index (χ0) is 16.4. The van der Waals surface area contributed by atoms with Crippen LogP contribution in [0.1, 0.15) is 12.0 Å². The largest absolute Gasteiger partial charge is 0.494 e. The Morgan fingerprint density at radius 1 is 0.792 bits per heavy atom. The van der Waals surface area contributed by atoms with E-state index in [1.54, 1.807) is 0 Å². The van der Waals surface area contributed by atoms with Gasteiger partial charge in [-0.25, -0.2) is 0 Å². The molecule has 2 heteroatoms. The molecular weight excluding hydrogens is 294 g/mol. The van der Waals surface area contributed by atoms with Crippen molar-refractivity contribution >= 4 is 21.8 Å². The minimum atomic E-state index is 0.726. The highest BCUT2D eigenvalue weighted by Crippen LogP contribution is 2.28. The highest BCUT2D eigenvalue weighted by atomic mass is 16.5. The quantitative estimate of drug-likeness (QED) is 0.439. The molecule has 24 heavy (non-hydrogen) atoms. The average Bonchev–Trinajstić information content (AvgIpc) is 2.93. The summed E-state index contributed by atoms with van der Waals surface area (Å²) in [5, 5.41) is 2.65. The second-order valence-corrected chi connectivity index (χ2v) is 6.20. The Labute approximate surface area is 142 Å². The Morgan fingerprint density at radius 3 is 2.12 bits per heavy atom. The summed E-state index contributed by atoms with van der Waals surface area (Å²) < 4.78 is 8.30. The van der Waals surface area contributed by atoms with E-state index in [-0.39, 0.29) is 0 Å². The predicted octanol–water partition coefficient (Wildman–Crippen LogP) is 5.57. The van der Waals surface area contributed by atoms with E-state index in [4.69, 9.17) is 4.74 Å². The third kappa shape index (κ3) is 2.76. The fourth-order valence-corrected chi connectivity index (χ4v) is 3.36. The maximum atomic E-state index is 5.90. The van der Waals surface area contributed by atoms with E-state index in [0.717, 1.165) is 25.3 Å². The number of aryl methyl sites for hydroxylation is 2. The molecule has 0 saturated heterocycles. The number of rotatable bonds is 5. The molecule has 2 nitrogen and oxygen atoms in total. The van der Waals surface area contributed by atoms with Gasteiger partial charge in [0.15, 0.2) is 0 Å². The molecule has 120 valence electrons. The van der Waals surface area contributed by atoms with E-state index in [9.17, 15) is 0 Å². The number of ether oxygens (including phenoxy) is 1. The molecule has 0 spiro atoms. The highest BCUT2D eigenvalue weighted by molar-refractivity contribution is 6.07. The van der Waals surface area contributed by atoms with Gasteiger partial charge in [0.05, 0.1) is 6.61 Å². The predicted molar refractivity (Wildman–Crippen MR) is 101 cm³/mol. The molecule has 0 fully saturated rings. The number of hydrogen-bond acceptors (Lipinski definition) is 1. The molecule has 0 amide bonds. The van der Waals surface area contributed by atoms with Crippen molar-refractivity contribution < 1.29 is 4.74 Å². The Morgan fingerprint density at radius 2 is 1.46 bits per heavy atom. The molecule has 1 aromatic heterocycles. The zero-order valence-corrected chi connectivity index (χ0v) is 13.9. The number of benzene rings is 3. The molecule has 0 aliphatic heterocycles. The van der Waals surface area contributed by atoms with E-state index in [2.05, 4.69) is 72.2 Å². The molecule has 0 unspecified atom stereocenters. The van der Waals surface area contributed by atoms with Gasteiger partial charge in [-0.05, 0) is 43.2 Å². The summed E-state index contributed by atoms with van der Waals surface area (Å²) in [7, 11) is 0. The van der Waals surface area contributed by atoms with Gasteiger partial charge in [0.2, 0.25) is 0 Å². The number of para-hydroxylation sites is 2. The summed E-state index contributed by atoms with van der Waals surface area (Å²) in [5.41, 5.74) is 3.83. The Hall–Kier alpha value is -2.74. The average molecular weight is 315 g/mol. The van der Waals surface area contributed by atoms with Crippen LogP contribution in [-0.2, 0) is 6.54 Å². The Balaban J connectivity index is 1.53. The number of fused-ring (bicyclic) bond motifs is 3. The molecule has 0 bridgehead atoms. The van der Waals surface area contributed by atoms with Crippen molar-refractivity contribution in [1.82, 2.24) is 4.57 Å². The topological polar surface area (TPSA) is 14.2 Å². The van der Waals surface area contributed by atoms with Gasteiger partial charge in [-0.15, -0.1) is 0 Å². The van der Waals surface area contributed by atoms with E-state index >= 15 is 0 Å². The molecule has 4 aromatic rings. The fraction of sp³-hybridized carbons (Fsp3) is 0.182. The van der Waals surface area contributed by atoms with Gasteiger partial charge < -0.3 is 9.30 Å². The van der Waals surface area contributed by atoms with Gasteiger partial charge in [-0.1, -0.05) is 48.5 Å². The lowest BCUT2D eigenvalue weighted by molar-refractivity contribution is 0.303. The van der Waals surface area contributed by atoms with Crippen molar-refractivity contribution in [2.45, 2.75) is 19.9 Å². The molecule has 0 saturated carbocycles. The van der Waals surface area contributed by atoms with Gasteiger partial charge in [0.25, 0.3) is 0 Å². The molecule has 0 atom stereocenters. The lowest BCUT2D eigenvalue weighted by Crippen LogP contribution is -2.04. The van der Waals surface area contributed by atoms with E-state index in [1.165, 1.54) is 27.4 Å². The van der Waals surface area contributed by atoms with Crippen LogP contribution in [-0.4, -0.2) is 11.2 Å².